The van der Waals surface area contributed by atoms with Crippen LogP contribution in [0.25, 0.3) is 0 Å². The molecule has 0 aliphatic heterocycles. The van der Waals surface area contributed by atoms with Gasteiger partial charge in [-0.2, -0.15) is 0 Å². The Kier molecular flexibility index (Phi) is 9.00. The van der Waals surface area contributed by atoms with Gasteiger partial charge in [-0.25, -0.2) is 0 Å². The topological polar surface area (TPSA) is 43.1 Å². The lowest BCUT2D eigenvalue weighted by Crippen LogP contribution is -2.10. The van der Waals surface area contributed by atoms with Gasteiger partial charge in [0.25, 0.3) is 0 Å². The van der Waals surface area contributed by atoms with Gasteiger partial charge in [-0.15, -0.1) is 0 Å². The summed E-state index contributed by atoms with van der Waals surface area (Å²) in [6.45, 7) is 4.18. The smallest absolute Gasteiger partial charge is 0.248 e. The molecule has 3 aromatic carbocycles. The molecule has 0 bridgehead atoms. The van der Waals surface area contributed by atoms with E-state index >= 15 is 0 Å². The maximum Gasteiger partial charge on any atom is 0.248 e. The third-order valence-corrected chi connectivity index (χ3v) is 4.76. The number of benzene rings is 3. The molecule has 146 valence electrons. The molecule has 2 nitrogen and oxygen atoms in total. The minimum absolute atomic E-state index is 0.375. The van der Waals surface area contributed by atoms with Gasteiger partial charge in [0.1, 0.15) is 0 Å². The number of unbranched alkanes of at least 4 members (excludes halogenated alkanes) is 1. The van der Waals surface area contributed by atoms with Crippen molar-refractivity contribution >= 4 is 5.91 Å². The Morgan fingerprint density at radius 2 is 1.32 bits per heavy atom. The second kappa shape index (κ2) is 11.8. The molecular weight excluding hydrogens is 342 g/mol. The fourth-order valence-corrected chi connectivity index (χ4v) is 3.03. The number of primary amides is 1. The summed E-state index contributed by atoms with van der Waals surface area (Å²) in [6.07, 6.45) is 6.11. The molecular formula is C26H31NO. The Bertz CT molecular complexity index is 838. The van der Waals surface area contributed by atoms with Crippen molar-refractivity contribution in [2.24, 2.45) is 5.73 Å². The first-order chi connectivity index (χ1) is 13.6. The van der Waals surface area contributed by atoms with Gasteiger partial charge in [0.15, 0.2) is 0 Å². The van der Waals surface area contributed by atoms with Crippen LogP contribution in [-0.2, 0) is 19.3 Å². The number of hydrogen-bond acceptors (Lipinski definition) is 1. The number of hydrogen-bond donors (Lipinski definition) is 1. The summed E-state index contributed by atoms with van der Waals surface area (Å²) < 4.78 is 0. The molecule has 0 saturated heterocycles. The van der Waals surface area contributed by atoms with Crippen LogP contribution in [0.1, 0.15) is 52.4 Å². The number of amides is 1. The Labute approximate surface area is 169 Å². The molecule has 0 aliphatic carbocycles. The van der Waals surface area contributed by atoms with Gasteiger partial charge in [-0.05, 0) is 67.9 Å². The number of rotatable bonds is 7. The van der Waals surface area contributed by atoms with Crippen LogP contribution < -0.4 is 5.73 Å². The molecule has 3 rings (SSSR count). The summed E-state index contributed by atoms with van der Waals surface area (Å²) in [7, 11) is 0. The average Bonchev–Trinajstić information content (AvgIpc) is 2.73. The first kappa shape index (κ1) is 21.4. The van der Waals surface area contributed by atoms with Crippen LogP contribution >= 0.6 is 0 Å². The second-order valence-electron chi connectivity index (χ2n) is 7.10. The third-order valence-electron chi connectivity index (χ3n) is 4.76. The molecule has 0 spiro atoms. The maximum atomic E-state index is 10.5. The third kappa shape index (κ3) is 7.79. The van der Waals surface area contributed by atoms with Gasteiger partial charge in [0, 0.05) is 5.56 Å². The molecule has 0 heterocycles. The summed E-state index contributed by atoms with van der Waals surface area (Å²) in [4.78, 5) is 10.5. The standard InChI is InChI=1S/C18H22.C8H9NO/c1-2-16-13-8-14-18(15-16)12-7-6-11-17-9-4-3-5-10-17;1-6-2-4-7(5-3-6)8(9)10/h3-5,8-10,13-15H,2,6-7,11-12H2,1H3;2-5H,1H3,(H2,9,10). The highest BCUT2D eigenvalue weighted by atomic mass is 16.1. The fourth-order valence-electron chi connectivity index (χ4n) is 3.03. The van der Waals surface area contributed by atoms with Gasteiger partial charge in [-0.3, -0.25) is 4.79 Å². The molecule has 0 unspecified atom stereocenters. The van der Waals surface area contributed by atoms with E-state index in [1.807, 2.05) is 19.1 Å². The molecule has 0 aliphatic rings. The molecule has 0 radical (unpaired) electrons. The summed E-state index contributed by atoms with van der Waals surface area (Å²) in [5.74, 6) is -0.375. The lowest BCUT2D eigenvalue weighted by Gasteiger charge is -2.04. The van der Waals surface area contributed by atoms with Crippen LogP contribution in [0.4, 0.5) is 0 Å². The minimum Gasteiger partial charge on any atom is -0.366 e. The van der Waals surface area contributed by atoms with Crippen LogP contribution in [0.3, 0.4) is 0 Å². The highest BCUT2D eigenvalue weighted by Gasteiger charge is 1.97. The Morgan fingerprint density at radius 3 is 1.93 bits per heavy atom. The fraction of sp³-hybridized carbons (Fsp3) is 0.269. The number of nitrogens with two attached hydrogens (primary N) is 1. The van der Waals surface area contributed by atoms with Crippen molar-refractivity contribution in [3.8, 4) is 0 Å². The first-order valence-corrected chi connectivity index (χ1v) is 10.1. The molecule has 0 aromatic heterocycles. The monoisotopic (exact) mass is 373 g/mol. The average molecular weight is 374 g/mol. The van der Waals surface area contributed by atoms with Crippen LogP contribution in [0.5, 0.6) is 0 Å². The van der Waals surface area contributed by atoms with Crippen LogP contribution in [-0.4, -0.2) is 5.91 Å². The Morgan fingerprint density at radius 1 is 0.750 bits per heavy atom. The molecule has 0 saturated carbocycles. The zero-order valence-electron chi connectivity index (χ0n) is 17.0. The minimum atomic E-state index is -0.375. The quantitative estimate of drug-likeness (QED) is 0.514. The van der Waals surface area contributed by atoms with Crippen molar-refractivity contribution in [1.82, 2.24) is 0 Å². The zero-order chi connectivity index (χ0) is 20.2. The van der Waals surface area contributed by atoms with Gasteiger partial charge >= 0.3 is 0 Å². The van der Waals surface area contributed by atoms with Gasteiger partial charge in [0.05, 0.1) is 0 Å². The SMILES string of the molecule is CCc1cccc(CCCCc2ccccc2)c1.Cc1ccc(C(N)=O)cc1. The van der Waals surface area contributed by atoms with E-state index in [1.54, 1.807) is 12.1 Å². The van der Waals surface area contributed by atoms with Crippen molar-refractivity contribution in [1.29, 1.82) is 0 Å². The van der Waals surface area contributed by atoms with Crippen molar-refractivity contribution in [2.45, 2.75) is 46.0 Å². The van der Waals surface area contributed by atoms with Crippen LogP contribution in [0, 0.1) is 6.92 Å². The summed E-state index contributed by atoms with van der Waals surface area (Å²) >= 11 is 0. The van der Waals surface area contributed by atoms with Crippen molar-refractivity contribution in [2.75, 3.05) is 0 Å². The Balaban J connectivity index is 0.000000237. The van der Waals surface area contributed by atoms with Crippen LogP contribution in [0.15, 0.2) is 78.9 Å². The highest BCUT2D eigenvalue weighted by molar-refractivity contribution is 5.92. The second-order valence-corrected chi connectivity index (χ2v) is 7.10. The van der Waals surface area contributed by atoms with Crippen LogP contribution in [0.2, 0.25) is 0 Å². The summed E-state index contributed by atoms with van der Waals surface area (Å²) in [5.41, 5.74) is 11.1. The first-order valence-electron chi connectivity index (χ1n) is 10.1. The molecule has 0 fully saturated rings. The molecule has 3 aromatic rings. The molecule has 1 amide bonds. The van der Waals surface area contributed by atoms with E-state index in [9.17, 15) is 4.79 Å². The molecule has 2 heteroatoms. The molecule has 0 atom stereocenters. The molecule has 2 N–H and O–H groups in total. The number of aryl methyl sites for hydroxylation is 4. The Hall–Kier alpha value is -2.87. The predicted octanol–water partition coefficient (Wildman–Crippen LogP) is 5.91. The number of carbonyl (C=O) groups excluding carboxylic acids is 1. The lowest BCUT2D eigenvalue weighted by atomic mass is 10.0. The van der Waals surface area contributed by atoms with E-state index in [4.69, 9.17) is 5.73 Å². The predicted molar refractivity (Wildman–Crippen MR) is 119 cm³/mol. The van der Waals surface area contributed by atoms with E-state index in [1.165, 1.54) is 42.4 Å². The number of carbonyl (C=O) groups is 1. The van der Waals surface area contributed by atoms with E-state index < -0.39 is 0 Å². The summed E-state index contributed by atoms with van der Waals surface area (Å²) in [5, 5.41) is 0. The molecule has 28 heavy (non-hydrogen) atoms. The van der Waals surface area contributed by atoms with E-state index in [2.05, 4.69) is 61.5 Å². The zero-order valence-corrected chi connectivity index (χ0v) is 17.0. The van der Waals surface area contributed by atoms with Gasteiger partial charge < -0.3 is 5.73 Å². The van der Waals surface area contributed by atoms with E-state index in [0.29, 0.717) is 5.56 Å². The normalized spacial score (nSPS) is 10.1. The van der Waals surface area contributed by atoms with Crippen molar-refractivity contribution in [3.05, 3.63) is 107 Å². The van der Waals surface area contributed by atoms with E-state index in [-0.39, 0.29) is 5.91 Å². The van der Waals surface area contributed by atoms with E-state index in [0.717, 1.165) is 12.0 Å². The maximum absolute atomic E-state index is 10.5. The van der Waals surface area contributed by atoms with Gasteiger partial charge in [0.2, 0.25) is 5.91 Å². The lowest BCUT2D eigenvalue weighted by molar-refractivity contribution is 0.100. The largest absolute Gasteiger partial charge is 0.366 e. The highest BCUT2D eigenvalue weighted by Crippen LogP contribution is 2.11. The van der Waals surface area contributed by atoms with Crippen molar-refractivity contribution < 1.29 is 4.79 Å². The van der Waals surface area contributed by atoms with Gasteiger partial charge in [-0.1, -0.05) is 79.2 Å². The summed E-state index contributed by atoms with van der Waals surface area (Å²) in [6, 6.07) is 26.9. The van der Waals surface area contributed by atoms with Crippen molar-refractivity contribution in [3.63, 3.8) is 0 Å².